The van der Waals surface area contributed by atoms with E-state index in [1.54, 1.807) is 0 Å². The number of piperidine rings is 1. The summed E-state index contributed by atoms with van der Waals surface area (Å²) in [6.45, 7) is 5.56. The van der Waals surface area contributed by atoms with Gasteiger partial charge in [-0.2, -0.15) is 0 Å². The largest absolute Gasteiger partial charge is 0.381 e. The summed E-state index contributed by atoms with van der Waals surface area (Å²) < 4.78 is 7.53. The lowest BCUT2D eigenvalue weighted by Crippen LogP contribution is -2.40. The van der Waals surface area contributed by atoms with Gasteiger partial charge in [-0.05, 0) is 25.3 Å². The molecule has 0 spiro atoms. The van der Waals surface area contributed by atoms with Crippen LogP contribution >= 0.6 is 0 Å². The average molecular weight is 341 g/mol. The molecule has 1 amide bonds. The van der Waals surface area contributed by atoms with E-state index < -0.39 is 0 Å². The Bertz CT molecular complexity index is 669. The zero-order valence-corrected chi connectivity index (χ0v) is 14.9. The maximum absolute atomic E-state index is 12.4. The molecule has 2 heterocycles. The molecule has 25 heavy (non-hydrogen) atoms. The van der Waals surface area contributed by atoms with E-state index in [2.05, 4.69) is 33.8 Å². The van der Waals surface area contributed by atoms with Gasteiger partial charge in [0.25, 0.3) is 0 Å². The highest BCUT2D eigenvalue weighted by molar-refractivity contribution is 5.76. The summed E-state index contributed by atoms with van der Waals surface area (Å²) in [5.41, 5.74) is 1.27. The second kappa shape index (κ2) is 8.81. The fourth-order valence-corrected chi connectivity index (χ4v) is 3.47. The standard InChI is InChI=1S/C20H27N3O2/c1-2-25-14-10-19(24)22-12-6-9-18(16-22)20-21-11-13-23(20)15-17-7-4-3-5-8-17/h3-5,7-8,11,13,18H,2,6,9-10,12,14-16H2,1H3. The molecular formula is C20H27N3O2. The molecule has 5 heteroatoms. The average Bonchev–Trinajstić information content (AvgIpc) is 3.11. The normalized spacial score (nSPS) is 17.6. The first kappa shape index (κ1) is 17.7. The van der Waals surface area contributed by atoms with Gasteiger partial charge in [-0.1, -0.05) is 30.3 Å². The maximum atomic E-state index is 12.4. The molecule has 1 atom stereocenters. The van der Waals surface area contributed by atoms with Crippen molar-refractivity contribution in [2.24, 2.45) is 0 Å². The lowest BCUT2D eigenvalue weighted by atomic mass is 9.96. The Morgan fingerprint density at radius 1 is 1.32 bits per heavy atom. The van der Waals surface area contributed by atoms with Crippen LogP contribution in [0.15, 0.2) is 42.7 Å². The van der Waals surface area contributed by atoms with Crippen LogP contribution in [-0.4, -0.2) is 46.7 Å². The van der Waals surface area contributed by atoms with Crippen LogP contribution in [0.3, 0.4) is 0 Å². The lowest BCUT2D eigenvalue weighted by molar-refractivity contribution is -0.133. The summed E-state index contributed by atoms with van der Waals surface area (Å²) in [5.74, 6) is 1.59. The Kier molecular flexibility index (Phi) is 6.23. The molecule has 0 saturated carbocycles. The van der Waals surface area contributed by atoms with Gasteiger partial charge in [0.1, 0.15) is 5.82 Å². The molecule has 0 bridgehead atoms. The van der Waals surface area contributed by atoms with Crippen molar-refractivity contribution in [3.8, 4) is 0 Å². The number of nitrogens with zero attached hydrogens (tertiary/aromatic N) is 3. The van der Waals surface area contributed by atoms with E-state index in [4.69, 9.17) is 4.74 Å². The van der Waals surface area contributed by atoms with Gasteiger partial charge < -0.3 is 14.2 Å². The monoisotopic (exact) mass is 341 g/mol. The number of aromatic nitrogens is 2. The van der Waals surface area contributed by atoms with Crippen molar-refractivity contribution in [1.82, 2.24) is 14.5 Å². The SMILES string of the molecule is CCOCCC(=O)N1CCCC(c2nccn2Cc2ccccc2)C1. The van der Waals surface area contributed by atoms with Crippen LogP contribution in [0, 0.1) is 0 Å². The predicted molar refractivity (Wildman–Crippen MR) is 97.4 cm³/mol. The molecule has 3 rings (SSSR count). The number of hydrogen-bond donors (Lipinski definition) is 0. The van der Waals surface area contributed by atoms with Crippen molar-refractivity contribution in [1.29, 1.82) is 0 Å². The number of hydrogen-bond acceptors (Lipinski definition) is 3. The highest BCUT2D eigenvalue weighted by atomic mass is 16.5. The van der Waals surface area contributed by atoms with Crippen molar-refractivity contribution < 1.29 is 9.53 Å². The van der Waals surface area contributed by atoms with Gasteiger partial charge in [0.2, 0.25) is 5.91 Å². The van der Waals surface area contributed by atoms with Crippen LogP contribution in [0.4, 0.5) is 0 Å². The van der Waals surface area contributed by atoms with Gasteiger partial charge in [-0.3, -0.25) is 4.79 Å². The Morgan fingerprint density at radius 3 is 2.96 bits per heavy atom. The Morgan fingerprint density at radius 2 is 2.16 bits per heavy atom. The minimum absolute atomic E-state index is 0.194. The molecule has 0 aliphatic carbocycles. The molecule has 1 aromatic heterocycles. The number of imidazole rings is 1. The number of ether oxygens (including phenoxy) is 1. The zero-order valence-electron chi connectivity index (χ0n) is 14.9. The summed E-state index contributed by atoms with van der Waals surface area (Å²) >= 11 is 0. The first-order chi connectivity index (χ1) is 12.3. The van der Waals surface area contributed by atoms with Gasteiger partial charge >= 0.3 is 0 Å². The zero-order chi connectivity index (χ0) is 17.5. The third-order valence-electron chi connectivity index (χ3n) is 4.75. The topological polar surface area (TPSA) is 47.4 Å². The maximum Gasteiger partial charge on any atom is 0.224 e. The van der Waals surface area contributed by atoms with Crippen molar-refractivity contribution in [2.45, 2.75) is 38.6 Å². The fraction of sp³-hybridized carbons (Fsp3) is 0.500. The molecule has 1 aromatic carbocycles. The molecule has 1 unspecified atom stereocenters. The van der Waals surface area contributed by atoms with E-state index in [0.29, 0.717) is 25.6 Å². The highest BCUT2D eigenvalue weighted by Crippen LogP contribution is 2.26. The van der Waals surface area contributed by atoms with E-state index in [-0.39, 0.29) is 5.91 Å². The summed E-state index contributed by atoms with van der Waals surface area (Å²) in [7, 11) is 0. The smallest absolute Gasteiger partial charge is 0.224 e. The molecule has 2 aromatic rings. The molecular weight excluding hydrogens is 314 g/mol. The van der Waals surface area contributed by atoms with Crippen molar-refractivity contribution in [3.05, 3.63) is 54.1 Å². The predicted octanol–water partition coefficient (Wildman–Crippen LogP) is 3.06. The molecule has 5 nitrogen and oxygen atoms in total. The minimum atomic E-state index is 0.194. The quantitative estimate of drug-likeness (QED) is 0.727. The van der Waals surface area contributed by atoms with E-state index in [1.165, 1.54) is 5.56 Å². The first-order valence-electron chi connectivity index (χ1n) is 9.18. The number of carbonyl (C=O) groups is 1. The number of amides is 1. The Hall–Kier alpha value is -2.14. The molecule has 0 N–H and O–H groups in total. The number of benzene rings is 1. The summed E-state index contributed by atoms with van der Waals surface area (Å²) in [4.78, 5) is 19.0. The van der Waals surface area contributed by atoms with E-state index in [0.717, 1.165) is 38.3 Å². The second-order valence-electron chi connectivity index (χ2n) is 6.52. The van der Waals surface area contributed by atoms with E-state index in [9.17, 15) is 4.79 Å². The van der Waals surface area contributed by atoms with Crippen LogP contribution in [0.2, 0.25) is 0 Å². The Balaban J connectivity index is 1.64. The van der Waals surface area contributed by atoms with Crippen molar-refractivity contribution >= 4 is 5.91 Å². The summed E-state index contributed by atoms with van der Waals surface area (Å²) in [6.07, 6.45) is 6.50. The van der Waals surface area contributed by atoms with Crippen LogP contribution in [0.25, 0.3) is 0 Å². The van der Waals surface area contributed by atoms with Crippen LogP contribution in [-0.2, 0) is 16.1 Å². The third-order valence-corrected chi connectivity index (χ3v) is 4.75. The molecule has 1 saturated heterocycles. The van der Waals surface area contributed by atoms with Crippen LogP contribution in [0.1, 0.15) is 43.5 Å². The molecule has 134 valence electrons. The number of carbonyl (C=O) groups excluding carboxylic acids is 1. The van der Waals surface area contributed by atoms with Gasteiger partial charge in [0.05, 0.1) is 13.0 Å². The summed E-state index contributed by atoms with van der Waals surface area (Å²) in [5, 5.41) is 0. The molecule has 1 fully saturated rings. The highest BCUT2D eigenvalue weighted by Gasteiger charge is 2.27. The molecule has 1 aliphatic heterocycles. The van der Waals surface area contributed by atoms with Crippen molar-refractivity contribution in [2.75, 3.05) is 26.3 Å². The number of likely N-dealkylation sites (tertiary alicyclic amines) is 1. The summed E-state index contributed by atoms with van der Waals surface area (Å²) in [6, 6.07) is 10.4. The third kappa shape index (κ3) is 4.69. The van der Waals surface area contributed by atoms with E-state index in [1.807, 2.05) is 30.3 Å². The lowest BCUT2D eigenvalue weighted by Gasteiger charge is -2.32. The van der Waals surface area contributed by atoms with Crippen LogP contribution < -0.4 is 0 Å². The minimum Gasteiger partial charge on any atom is -0.381 e. The van der Waals surface area contributed by atoms with Crippen LogP contribution in [0.5, 0.6) is 0 Å². The second-order valence-corrected chi connectivity index (χ2v) is 6.52. The molecule has 0 radical (unpaired) electrons. The fourth-order valence-electron chi connectivity index (χ4n) is 3.47. The Labute approximate surface area is 149 Å². The van der Waals surface area contributed by atoms with E-state index >= 15 is 0 Å². The van der Waals surface area contributed by atoms with Gasteiger partial charge in [0.15, 0.2) is 0 Å². The molecule has 1 aliphatic rings. The number of rotatable bonds is 7. The first-order valence-corrected chi connectivity index (χ1v) is 9.18. The van der Waals surface area contributed by atoms with Gasteiger partial charge in [-0.15, -0.1) is 0 Å². The van der Waals surface area contributed by atoms with Gasteiger partial charge in [-0.25, -0.2) is 4.98 Å². The van der Waals surface area contributed by atoms with Crippen molar-refractivity contribution in [3.63, 3.8) is 0 Å². The van der Waals surface area contributed by atoms with Gasteiger partial charge in [0, 0.05) is 44.6 Å².